The first-order chi connectivity index (χ1) is 11.4. The summed E-state index contributed by atoms with van der Waals surface area (Å²) >= 11 is 0. The average Bonchev–Trinajstić information content (AvgIpc) is 2.56. The molecular formula is C17H16F2N2O3. The summed E-state index contributed by atoms with van der Waals surface area (Å²) in [5.41, 5.74) is 5.85. The van der Waals surface area contributed by atoms with E-state index < -0.39 is 35.6 Å². The molecule has 2 aromatic rings. The Morgan fingerprint density at radius 3 is 2.33 bits per heavy atom. The summed E-state index contributed by atoms with van der Waals surface area (Å²) in [5.74, 6) is -3.45. The smallest absolute Gasteiger partial charge is 0.261 e. The quantitative estimate of drug-likeness (QED) is 0.848. The lowest BCUT2D eigenvalue weighted by Gasteiger charge is -2.19. The summed E-state index contributed by atoms with van der Waals surface area (Å²) in [4.78, 5) is 23.7. The second kappa shape index (κ2) is 7.54. The average molecular weight is 334 g/mol. The largest absolute Gasteiger partial charge is 0.481 e. The number of ether oxygens (including phenoxy) is 1. The van der Waals surface area contributed by atoms with Gasteiger partial charge in [-0.2, -0.15) is 0 Å². The van der Waals surface area contributed by atoms with Crippen LogP contribution in [0.15, 0.2) is 48.5 Å². The van der Waals surface area contributed by atoms with E-state index in [1.54, 1.807) is 30.3 Å². The van der Waals surface area contributed by atoms with Gasteiger partial charge in [-0.25, -0.2) is 8.78 Å². The molecule has 0 aliphatic carbocycles. The summed E-state index contributed by atoms with van der Waals surface area (Å²) in [6.45, 7) is 1.42. The molecule has 0 saturated carbocycles. The van der Waals surface area contributed by atoms with E-state index in [9.17, 15) is 18.4 Å². The van der Waals surface area contributed by atoms with Crippen LogP contribution in [-0.4, -0.2) is 17.9 Å². The predicted octanol–water partition coefficient (Wildman–Crippen LogP) is 2.07. The van der Waals surface area contributed by atoms with Gasteiger partial charge in [0.2, 0.25) is 5.91 Å². The van der Waals surface area contributed by atoms with Crippen molar-refractivity contribution in [3.05, 3.63) is 65.7 Å². The lowest BCUT2D eigenvalue weighted by Crippen LogP contribution is -2.43. The van der Waals surface area contributed by atoms with Crippen LogP contribution in [0.25, 0.3) is 0 Å². The van der Waals surface area contributed by atoms with Crippen molar-refractivity contribution in [1.82, 2.24) is 5.32 Å². The molecule has 7 heteroatoms. The molecule has 2 amide bonds. The number of benzene rings is 2. The van der Waals surface area contributed by atoms with Gasteiger partial charge in [-0.05, 0) is 24.6 Å². The van der Waals surface area contributed by atoms with E-state index in [4.69, 9.17) is 10.5 Å². The second-order valence-electron chi connectivity index (χ2n) is 5.09. The Bertz CT molecular complexity index is 738. The van der Waals surface area contributed by atoms with Gasteiger partial charge >= 0.3 is 0 Å². The second-order valence-corrected chi connectivity index (χ2v) is 5.09. The van der Waals surface area contributed by atoms with Gasteiger partial charge in [-0.1, -0.05) is 30.3 Å². The monoisotopic (exact) mass is 334 g/mol. The van der Waals surface area contributed by atoms with E-state index in [1.165, 1.54) is 13.0 Å². The first-order valence-corrected chi connectivity index (χ1v) is 7.15. The van der Waals surface area contributed by atoms with E-state index in [0.29, 0.717) is 5.56 Å². The van der Waals surface area contributed by atoms with E-state index in [2.05, 4.69) is 5.32 Å². The number of rotatable bonds is 6. The van der Waals surface area contributed by atoms with Gasteiger partial charge in [0, 0.05) is 6.07 Å². The van der Waals surface area contributed by atoms with Crippen molar-refractivity contribution in [2.24, 2.45) is 5.73 Å². The van der Waals surface area contributed by atoms with Crippen molar-refractivity contribution in [3.63, 3.8) is 0 Å². The molecule has 0 saturated heterocycles. The maximum atomic E-state index is 13.2. The van der Waals surface area contributed by atoms with Gasteiger partial charge in [-0.3, -0.25) is 9.59 Å². The third kappa shape index (κ3) is 4.28. The minimum atomic E-state index is -1.08. The van der Waals surface area contributed by atoms with Gasteiger partial charge in [0.1, 0.15) is 11.8 Å². The van der Waals surface area contributed by atoms with Crippen LogP contribution in [0, 0.1) is 11.6 Å². The molecule has 5 nitrogen and oxygen atoms in total. The fourth-order valence-corrected chi connectivity index (χ4v) is 2.03. The van der Waals surface area contributed by atoms with Crippen molar-refractivity contribution in [1.29, 1.82) is 0 Å². The zero-order valence-corrected chi connectivity index (χ0v) is 12.8. The molecule has 2 aromatic carbocycles. The number of primary amides is 1. The van der Waals surface area contributed by atoms with E-state index in [-0.39, 0.29) is 5.75 Å². The van der Waals surface area contributed by atoms with E-state index in [1.807, 2.05) is 0 Å². The number of carbonyl (C=O) groups excluding carboxylic acids is 2. The Hall–Kier alpha value is -2.96. The van der Waals surface area contributed by atoms with Crippen LogP contribution < -0.4 is 15.8 Å². The molecule has 2 atom stereocenters. The van der Waals surface area contributed by atoms with Crippen molar-refractivity contribution < 1.29 is 23.1 Å². The zero-order chi connectivity index (χ0) is 17.7. The SMILES string of the molecule is C[C@@H](Oc1ccc(F)c(F)c1)C(=O)N[C@@H](C(N)=O)c1ccccc1. The Balaban J connectivity index is 2.06. The Labute approximate surface area is 137 Å². The molecule has 0 bridgehead atoms. The fourth-order valence-electron chi connectivity index (χ4n) is 2.03. The van der Waals surface area contributed by atoms with Crippen molar-refractivity contribution in [2.45, 2.75) is 19.1 Å². The summed E-state index contributed by atoms with van der Waals surface area (Å²) in [6.07, 6.45) is -1.04. The van der Waals surface area contributed by atoms with Crippen LogP contribution in [0.1, 0.15) is 18.5 Å². The van der Waals surface area contributed by atoms with Crippen LogP contribution in [0.5, 0.6) is 5.75 Å². The van der Waals surface area contributed by atoms with Gasteiger partial charge in [0.05, 0.1) is 0 Å². The highest BCUT2D eigenvalue weighted by Gasteiger charge is 2.24. The van der Waals surface area contributed by atoms with Crippen LogP contribution in [-0.2, 0) is 9.59 Å². The Kier molecular flexibility index (Phi) is 5.47. The van der Waals surface area contributed by atoms with Crippen LogP contribution in [0.3, 0.4) is 0 Å². The van der Waals surface area contributed by atoms with Crippen molar-refractivity contribution in [3.8, 4) is 5.75 Å². The van der Waals surface area contributed by atoms with Crippen molar-refractivity contribution >= 4 is 11.8 Å². The minimum Gasteiger partial charge on any atom is -0.481 e. The first kappa shape index (κ1) is 17.4. The maximum absolute atomic E-state index is 13.2. The topological polar surface area (TPSA) is 81.4 Å². The van der Waals surface area contributed by atoms with Gasteiger partial charge in [0.15, 0.2) is 17.7 Å². The lowest BCUT2D eigenvalue weighted by molar-refractivity contribution is -0.131. The number of nitrogens with one attached hydrogen (secondary N) is 1. The summed E-state index contributed by atoms with van der Waals surface area (Å²) in [7, 11) is 0. The number of carbonyl (C=O) groups is 2. The highest BCUT2D eigenvalue weighted by molar-refractivity contribution is 5.89. The highest BCUT2D eigenvalue weighted by Crippen LogP contribution is 2.17. The molecule has 126 valence electrons. The first-order valence-electron chi connectivity index (χ1n) is 7.15. The molecule has 0 aromatic heterocycles. The third-order valence-corrected chi connectivity index (χ3v) is 3.28. The molecule has 0 radical (unpaired) electrons. The number of halogens is 2. The molecule has 0 unspecified atom stereocenters. The fraction of sp³-hybridized carbons (Fsp3) is 0.176. The molecule has 24 heavy (non-hydrogen) atoms. The molecule has 3 N–H and O–H groups in total. The molecule has 0 aliphatic heterocycles. The van der Waals surface area contributed by atoms with Gasteiger partial charge in [-0.15, -0.1) is 0 Å². The molecular weight excluding hydrogens is 318 g/mol. The van der Waals surface area contributed by atoms with Crippen molar-refractivity contribution in [2.75, 3.05) is 0 Å². The number of amides is 2. The number of hydrogen-bond donors (Lipinski definition) is 2. The number of hydrogen-bond acceptors (Lipinski definition) is 3. The summed E-state index contributed by atoms with van der Waals surface area (Å²) in [5, 5.41) is 2.47. The van der Waals surface area contributed by atoms with Crippen LogP contribution in [0.2, 0.25) is 0 Å². The Morgan fingerprint density at radius 1 is 1.08 bits per heavy atom. The predicted molar refractivity (Wildman–Crippen MR) is 83.0 cm³/mol. The molecule has 0 aliphatic rings. The van der Waals surface area contributed by atoms with Gasteiger partial charge < -0.3 is 15.8 Å². The van der Waals surface area contributed by atoms with Crippen LogP contribution >= 0.6 is 0 Å². The third-order valence-electron chi connectivity index (χ3n) is 3.28. The zero-order valence-electron chi connectivity index (χ0n) is 12.8. The highest BCUT2D eigenvalue weighted by atomic mass is 19.2. The summed E-state index contributed by atoms with van der Waals surface area (Å²) < 4.78 is 31.3. The minimum absolute atomic E-state index is 0.00751. The number of nitrogens with two attached hydrogens (primary N) is 1. The summed E-state index contributed by atoms with van der Waals surface area (Å²) in [6, 6.07) is 10.4. The lowest BCUT2D eigenvalue weighted by atomic mass is 10.1. The Morgan fingerprint density at radius 2 is 1.75 bits per heavy atom. The van der Waals surface area contributed by atoms with Crippen LogP contribution in [0.4, 0.5) is 8.78 Å². The van der Waals surface area contributed by atoms with E-state index >= 15 is 0 Å². The maximum Gasteiger partial charge on any atom is 0.261 e. The molecule has 2 rings (SSSR count). The molecule has 0 fully saturated rings. The van der Waals surface area contributed by atoms with E-state index in [0.717, 1.165) is 12.1 Å². The normalized spacial score (nSPS) is 13.0. The molecule has 0 heterocycles. The molecule has 0 spiro atoms. The standard InChI is InChI=1S/C17H16F2N2O3/c1-10(24-12-7-8-13(18)14(19)9-12)17(23)21-15(16(20)22)11-5-3-2-4-6-11/h2-10,15H,1H3,(H2,20,22)(H,21,23)/t10-,15-/m1/s1. The van der Waals surface area contributed by atoms with Gasteiger partial charge in [0.25, 0.3) is 5.91 Å².